The normalized spacial score (nSPS) is 11.1. The second-order valence-electron chi connectivity index (χ2n) is 8.18. The number of anilines is 1. The van der Waals surface area contributed by atoms with E-state index in [-0.39, 0.29) is 12.5 Å². The Bertz CT molecular complexity index is 1050. The van der Waals surface area contributed by atoms with E-state index in [0.717, 1.165) is 16.7 Å². The fraction of sp³-hybridized carbons (Fsp3) is 0.240. The van der Waals surface area contributed by atoms with E-state index in [0.29, 0.717) is 11.3 Å². The molecular weight excluding hydrogens is 376 g/mol. The summed E-state index contributed by atoms with van der Waals surface area (Å²) in [6.07, 6.45) is 3.78. The van der Waals surface area contributed by atoms with Crippen LogP contribution in [0.4, 0.5) is 5.69 Å². The van der Waals surface area contributed by atoms with Gasteiger partial charge >= 0.3 is 5.97 Å². The average Bonchev–Trinajstić information content (AvgIpc) is 2.69. The fourth-order valence-electron chi connectivity index (χ4n) is 3.10. The largest absolute Gasteiger partial charge is 0.456 e. The maximum absolute atomic E-state index is 12.8. The zero-order valence-electron chi connectivity index (χ0n) is 17.8. The quantitative estimate of drug-likeness (QED) is 0.502. The molecule has 0 spiro atoms. The Morgan fingerprint density at radius 3 is 2.33 bits per heavy atom. The molecule has 0 aliphatic heterocycles. The van der Waals surface area contributed by atoms with E-state index < -0.39 is 11.6 Å². The number of aryl methyl sites for hydroxylation is 1. The van der Waals surface area contributed by atoms with E-state index in [1.807, 2.05) is 93.2 Å². The van der Waals surface area contributed by atoms with Crippen molar-refractivity contribution < 1.29 is 18.9 Å². The summed E-state index contributed by atoms with van der Waals surface area (Å²) in [5.41, 5.74) is 3.12. The average molecular weight is 404 g/mol. The number of carbonyl (C=O) groups is 2. The Hall–Kier alpha value is -3.47. The molecule has 0 bridgehead atoms. The number of hydrogen-bond donors (Lipinski definition) is 1. The van der Waals surface area contributed by atoms with Crippen LogP contribution < -0.4 is 9.88 Å². The second-order valence-corrected chi connectivity index (χ2v) is 8.18. The lowest BCUT2D eigenvalue weighted by Crippen LogP contribution is -2.40. The minimum Gasteiger partial charge on any atom is -0.456 e. The number of ether oxygens (including phenoxy) is 1. The molecule has 30 heavy (non-hydrogen) atoms. The molecule has 1 heterocycles. The van der Waals surface area contributed by atoms with Gasteiger partial charge in [-0.25, -0.2) is 4.79 Å². The fourth-order valence-corrected chi connectivity index (χ4v) is 3.10. The Morgan fingerprint density at radius 2 is 1.63 bits per heavy atom. The van der Waals surface area contributed by atoms with E-state index in [4.69, 9.17) is 4.74 Å². The lowest BCUT2D eigenvalue weighted by molar-refractivity contribution is -0.683. The molecule has 1 N–H and O–H groups in total. The third-order valence-electron chi connectivity index (χ3n) is 4.45. The highest BCUT2D eigenvalue weighted by atomic mass is 16.6. The summed E-state index contributed by atoms with van der Waals surface area (Å²) < 4.78 is 7.31. The highest BCUT2D eigenvalue weighted by Gasteiger charge is 2.23. The van der Waals surface area contributed by atoms with Gasteiger partial charge in [0.15, 0.2) is 12.4 Å². The Kier molecular flexibility index (Phi) is 6.31. The highest BCUT2D eigenvalue weighted by molar-refractivity contribution is 6.02. The van der Waals surface area contributed by atoms with Crippen LogP contribution in [0.5, 0.6) is 0 Å². The molecule has 0 aliphatic rings. The van der Waals surface area contributed by atoms with Crippen LogP contribution in [0.25, 0.3) is 11.1 Å². The number of esters is 1. The van der Waals surface area contributed by atoms with Crippen LogP contribution in [0.1, 0.15) is 36.7 Å². The molecule has 3 rings (SSSR count). The zero-order chi connectivity index (χ0) is 21.7. The SMILES string of the molecule is Cc1cccc(C(=O)OC(C)(C)C)c1NC(=O)C[n+]1cccc(-c2ccccc2)c1. The molecule has 5 nitrogen and oxygen atoms in total. The molecule has 1 amide bonds. The van der Waals surface area contributed by atoms with Crippen molar-refractivity contribution in [3.8, 4) is 11.1 Å². The van der Waals surface area contributed by atoms with Crippen LogP contribution in [0.2, 0.25) is 0 Å². The zero-order valence-corrected chi connectivity index (χ0v) is 17.8. The molecule has 0 saturated heterocycles. The lowest BCUT2D eigenvalue weighted by atomic mass is 10.1. The number of pyridine rings is 1. The summed E-state index contributed by atoms with van der Waals surface area (Å²) in [5, 5.41) is 2.89. The summed E-state index contributed by atoms with van der Waals surface area (Å²) >= 11 is 0. The van der Waals surface area contributed by atoms with Gasteiger partial charge in [0.05, 0.1) is 11.3 Å². The molecule has 5 heteroatoms. The van der Waals surface area contributed by atoms with Gasteiger partial charge in [0, 0.05) is 11.6 Å². The van der Waals surface area contributed by atoms with Crippen LogP contribution >= 0.6 is 0 Å². The second kappa shape index (κ2) is 8.91. The van der Waals surface area contributed by atoms with Crippen molar-refractivity contribution in [3.05, 3.63) is 84.2 Å². The van der Waals surface area contributed by atoms with Gasteiger partial charge in [-0.15, -0.1) is 0 Å². The van der Waals surface area contributed by atoms with Crippen molar-refractivity contribution in [2.24, 2.45) is 0 Å². The van der Waals surface area contributed by atoms with Gasteiger partial charge in [0.25, 0.3) is 5.91 Å². The minimum absolute atomic E-state index is 0.128. The maximum atomic E-state index is 12.8. The molecule has 0 saturated carbocycles. The lowest BCUT2D eigenvalue weighted by Gasteiger charge is -2.21. The molecule has 1 aromatic heterocycles. The highest BCUT2D eigenvalue weighted by Crippen LogP contribution is 2.23. The van der Waals surface area contributed by atoms with Crippen molar-refractivity contribution in [2.75, 3.05) is 5.32 Å². The number of para-hydroxylation sites is 1. The first kappa shape index (κ1) is 21.2. The number of rotatable bonds is 5. The van der Waals surface area contributed by atoms with Crippen molar-refractivity contribution in [3.63, 3.8) is 0 Å². The molecule has 2 aromatic carbocycles. The minimum atomic E-state index is -0.615. The molecule has 0 aliphatic carbocycles. The van der Waals surface area contributed by atoms with Crippen molar-refractivity contribution in [2.45, 2.75) is 39.8 Å². The molecule has 0 unspecified atom stereocenters. The third-order valence-corrected chi connectivity index (χ3v) is 4.45. The van der Waals surface area contributed by atoms with Gasteiger partial charge in [-0.3, -0.25) is 4.79 Å². The van der Waals surface area contributed by atoms with Gasteiger partial charge < -0.3 is 10.1 Å². The standard InChI is InChI=1S/C25H26N2O3/c1-18-10-8-14-21(24(29)30-25(2,3)4)23(18)26-22(28)17-27-15-9-13-20(16-27)19-11-6-5-7-12-19/h5-16H,17H2,1-4H3/p+1. The Balaban J connectivity index is 1.78. The van der Waals surface area contributed by atoms with E-state index >= 15 is 0 Å². The summed E-state index contributed by atoms with van der Waals surface area (Å²) in [5.74, 6) is -0.676. The summed E-state index contributed by atoms with van der Waals surface area (Å²) in [4.78, 5) is 25.4. The summed E-state index contributed by atoms with van der Waals surface area (Å²) in [6.45, 7) is 7.43. The number of amides is 1. The first-order valence-corrected chi connectivity index (χ1v) is 9.90. The molecule has 0 radical (unpaired) electrons. The van der Waals surface area contributed by atoms with E-state index in [1.165, 1.54) is 0 Å². The number of aromatic nitrogens is 1. The number of hydrogen-bond acceptors (Lipinski definition) is 3. The topological polar surface area (TPSA) is 59.3 Å². The van der Waals surface area contributed by atoms with Gasteiger partial charge in [-0.05, 0) is 51.0 Å². The monoisotopic (exact) mass is 403 g/mol. The molecule has 0 fully saturated rings. The van der Waals surface area contributed by atoms with E-state index in [1.54, 1.807) is 12.1 Å². The van der Waals surface area contributed by atoms with Crippen molar-refractivity contribution >= 4 is 17.6 Å². The van der Waals surface area contributed by atoms with Crippen LogP contribution in [0, 0.1) is 6.92 Å². The Labute approximate surface area is 177 Å². The smallest absolute Gasteiger partial charge is 0.340 e. The van der Waals surface area contributed by atoms with Crippen LogP contribution in [-0.4, -0.2) is 17.5 Å². The van der Waals surface area contributed by atoms with Crippen LogP contribution in [-0.2, 0) is 16.1 Å². The van der Waals surface area contributed by atoms with Gasteiger partial charge in [0.1, 0.15) is 5.60 Å². The van der Waals surface area contributed by atoms with E-state index in [9.17, 15) is 9.59 Å². The predicted molar refractivity (Wildman–Crippen MR) is 117 cm³/mol. The van der Waals surface area contributed by atoms with E-state index in [2.05, 4.69) is 5.32 Å². The van der Waals surface area contributed by atoms with Crippen LogP contribution in [0.15, 0.2) is 73.1 Å². The Morgan fingerprint density at radius 1 is 0.933 bits per heavy atom. The van der Waals surface area contributed by atoms with Gasteiger partial charge in [-0.1, -0.05) is 42.5 Å². The van der Waals surface area contributed by atoms with Gasteiger partial charge in [0.2, 0.25) is 6.54 Å². The van der Waals surface area contributed by atoms with Crippen molar-refractivity contribution in [1.29, 1.82) is 0 Å². The molecular formula is C25H27N2O3+. The van der Waals surface area contributed by atoms with Crippen molar-refractivity contribution in [1.82, 2.24) is 0 Å². The first-order valence-electron chi connectivity index (χ1n) is 9.90. The van der Waals surface area contributed by atoms with Gasteiger partial charge in [-0.2, -0.15) is 4.57 Å². The maximum Gasteiger partial charge on any atom is 0.340 e. The third kappa shape index (κ3) is 5.54. The molecule has 154 valence electrons. The number of nitrogens with zero attached hydrogens (tertiary/aromatic N) is 1. The number of carbonyl (C=O) groups excluding carboxylic acids is 2. The summed E-state index contributed by atoms with van der Waals surface area (Å²) in [6, 6.07) is 19.2. The first-order chi connectivity index (χ1) is 14.2. The molecule has 3 aromatic rings. The predicted octanol–water partition coefficient (Wildman–Crippen LogP) is 4.54. The number of nitrogens with one attached hydrogen (secondary N) is 1. The summed E-state index contributed by atoms with van der Waals surface area (Å²) in [7, 11) is 0. The number of benzene rings is 2. The molecule has 0 atom stereocenters. The van der Waals surface area contributed by atoms with Crippen LogP contribution in [0.3, 0.4) is 0 Å².